The lowest BCUT2D eigenvalue weighted by atomic mass is 10.2. The maximum Gasteiger partial charge on any atom is 0.307 e. The van der Waals surface area contributed by atoms with Gasteiger partial charge in [-0.15, -0.1) is 0 Å². The first-order valence-electron chi connectivity index (χ1n) is 7.68. The Morgan fingerprint density at radius 1 is 1.13 bits per heavy atom. The molecular formula is C17H25NO5. The van der Waals surface area contributed by atoms with Gasteiger partial charge in [-0.05, 0) is 26.0 Å². The van der Waals surface area contributed by atoms with Gasteiger partial charge in [0.25, 0.3) is 5.91 Å². The van der Waals surface area contributed by atoms with Crippen molar-refractivity contribution in [2.75, 3.05) is 40.0 Å². The fourth-order valence-corrected chi connectivity index (χ4v) is 1.89. The van der Waals surface area contributed by atoms with Crippen molar-refractivity contribution in [3.05, 3.63) is 29.8 Å². The summed E-state index contributed by atoms with van der Waals surface area (Å²) in [6, 6.07) is 7.48. The Morgan fingerprint density at radius 3 is 2.43 bits per heavy atom. The second kappa shape index (κ2) is 10.6. The fraction of sp³-hybridized carbons (Fsp3) is 0.529. The molecule has 0 aliphatic heterocycles. The number of rotatable bonds is 10. The molecule has 128 valence electrons. The zero-order valence-corrected chi connectivity index (χ0v) is 14.0. The van der Waals surface area contributed by atoms with E-state index in [-0.39, 0.29) is 31.4 Å². The minimum Gasteiger partial charge on any atom is -0.484 e. The summed E-state index contributed by atoms with van der Waals surface area (Å²) in [7, 11) is 1.57. The molecule has 0 atom stereocenters. The maximum atomic E-state index is 12.3. The van der Waals surface area contributed by atoms with Gasteiger partial charge in [0.2, 0.25) is 0 Å². The average molecular weight is 323 g/mol. The minimum atomic E-state index is -0.317. The van der Waals surface area contributed by atoms with E-state index in [0.717, 1.165) is 5.56 Å². The number of hydrogen-bond donors (Lipinski definition) is 0. The highest BCUT2D eigenvalue weighted by molar-refractivity contribution is 5.78. The van der Waals surface area contributed by atoms with Crippen LogP contribution in [0.1, 0.15) is 18.9 Å². The van der Waals surface area contributed by atoms with Crippen molar-refractivity contribution >= 4 is 11.9 Å². The van der Waals surface area contributed by atoms with Crippen molar-refractivity contribution in [2.24, 2.45) is 0 Å². The van der Waals surface area contributed by atoms with Crippen molar-refractivity contribution in [2.45, 2.75) is 20.3 Å². The van der Waals surface area contributed by atoms with Crippen LogP contribution in [-0.4, -0.2) is 56.8 Å². The zero-order valence-electron chi connectivity index (χ0n) is 14.0. The number of nitrogens with zero attached hydrogens (tertiary/aromatic N) is 1. The molecule has 0 saturated heterocycles. The number of amides is 1. The van der Waals surface area contributed by atoms with Crippen molar-refractivity contribution in [3.8, 4) is 5.75 Å². The van der Waals surface area contributed by atoms with E-state index in [2.05, 4.69) is 0 Å². The minimum absolute atomic E-state index is 0.0738. The van der Waals surface area contributed by atoms with Crippen LogP contribution in [0.2, 0.25) is 0 Å². The zero-order chi connectivity index (χ0) is 17.1. The molecule has 0 radical (unpaired) electrons. The van der Waals surface area contributed by atoms with E-state index in [1.54, 1.807) is 18.9 Å². The third-order valence-electron chi connectivity index (χ3n) is 3.19. The predicted molar refractivity (Wildman–Crippen MR) is 86.4 cm³/mol. The SMILES string of the molecule is CCOC(=O)CCN(CCOC)C(=O)COc1ccc(C)cc1. The van der Waals surface area contributed by atoms with Gasteiger partial charge >= 0.3 is 5.97 Å². The molecule has 1 rings (SSSR count). The molecule has 1 amide bonds. The quantitative estimate of drug-likeness (QED) is 0.614. The molecule has 0 fully saturated rings. The lowest BCUT2D eigenvalue weighted by Gasteiger charge is -2.22. The summed E-state index contributed by atoms with van der Waals surface area (Å²) in [5, 5.41) is 0. The number of ether oxygens (including phenoxy) is 3. The summed E-state index contributed by atoms with van der Waals surface area (Å²) in [4.78, 5) is 25.2. The van der Waals surface area contributed by atoms with E-state index in [1.807, 2.05) is 31.2 Å². The van der Waals surface area contributed by atoms with Crippen LogP contribution in [-0.2, 0) is 19.1 Å². The van der Waals surface area contributed by atoms with Crippen LogP contribution in [0.3, 0.4) is 0 Å². The number of methoxy groups -OCH3 is 1. The van der Waals surface area contributed by atoms with Gasteiger partial charge in [0.15, 0.2) is 6.61 Å². The Hall–Kier alpha value is -2.08. The van der Waals surface area contributed by atoms with E-state index in [9.17, 15) is 9.59 Å². The molecule has 0 aliphatic rings. The van der Waals surface area contributed by atoms with Crippen LogP contribution in [0.15, 0.2) is 24.3 Å². The summed E-state index contributed by atoms with van der Waals surface area (Å²) in [5.41, 5.74) is 1.12. The standard InChI is InChI=1S/C17H25NO5/c1-4-22-17(20)9-10-18(11-12-21-3)16(19)13-23-15-7-5-14(2)6-8-15/h5-8H,4,9-13H2,1-3H3. The molecule has 6 heteroatoms. The molecule has 0 N–H and O–H groups in total. The highest BCUT2D eigenvalue weighted by Gasteiger charge is 2.16. The van der Waals surface area contributed by atoms with E-state index in [0.29, 0.717) is 25.5 Å². The number of hydrogen-bond acceptors (Lipinski definition) is 5. The van der Waals surface area contributed by atoms with E-state index in [4.69, 9.17) is 14.2 Å². The molecule has 0 unspecified atom stereocenters. The summed E-state index contributed by atoms with van der Waals surface area (Å²) in [5.74, 6) is 0.134. The van der Waals surface area contributed by atoms with E-state index >= 15 is 0 Å². The Morgan fingerprint density at radius 2 is 1.83 bits per heavy atom. The monoisotopic (exact) mass is 323 g/mol. The molecule has 6 nitrogen and oxygen atoms in total. The van der Waals surface area contributed by atoms with E-state index < -0.39 is 0 Å². The third kappa shape index (κ3) is 7.65. The molecule has 0 bridgehead atoms. The third-order valence-corrected chi connectivity index (χ3v) is 3.19. The van der Waals surface area contributed by atoms with Gasteiger partial charge in [-0.25, -0.2) is 0 Å². The van der Waals surface area contributed by atoms with Gasteiger partial charge in [-0.1, -0.05) is 17.7 Å². The normalized spacial score (nSPS) is 10.2. The lowest BCUT2D eigenvalue weighted by Crippen LogP contribution is -2.38. The smallest absolute Gasteiger partial charge is 0.307 e. The molecule has 0 heterocycles. The number of benzene rings is 1. The largest absolute Gasteiger partial charge is 0.484 e. The molecule has 0 spiro atoms. The highest BCUT2D eigenvalue weighted by Crippen LogP contribution is 2.11. The maximum absolute atomic E-state index is 12.3. The first-order valence-corrected chi connectivity index (χ1v) is 7.68. The van der Waals surface area contributed by atoms with Gasteiger partial charge in [0.1, 0.15) is 5.75 Å². The van der Waals surface area contributed by atoms with Gasteiger partial charge < -0.3 is 19.1 Å². The van der Waals surface area contributed by atoms with Gasteiger partial charge in [0.05, 0.1) is 19.6 Å². The van der Waals surface area contributed by atoms with Crippen molar-refractivity contribution in [1.82, 2.24) is 4.90 Å². The van der Waals surface area contributed by atoms with Crippen LogP contribution in [0.25, 0.3) is 0 Å². The molecule has 0 aromatic heterocycles. The summed E-state index contributed by atoms with van der Waals surface area (Å²) in [6.07, 6.45) is 0.161. The number of carbonyl (C=O) groups excluding carboxylic acids is 2. The number of carbonyl (C=O) groups is 2. The average Bonchev–Trinajstić information content (AvgIpc) is 2.54. The van der Waals surface area contributed by atoms with Crippen molar-refractivity contribution in [3.63, 3.8) is 0 Å². The van der Waals surface area contributed by atoms with Crippen LogP contribution >= 0.6 is 0 Å². The molecule has 1 aromatic rings. The highest BCUT2D eigenvalue weighted by atomic mass is 16.5. The van der Waals surface area contributed by atoms with Gasteiger partial charge in [-0.2, -0.15) is 0 Å². The van der Waals surface area contributed by atoms with Crippen LogP contribution in [0.5, 0.6) is 5.75 Å². The van der Waals surface area contributed by atoms with Crippen LogP contribution < -0.4 is 4.74 Å². The Balaban J connectivity index is 2.49. The first-order chi connectivity index (χ1) is 11.1. The second-order valence-corrected chi connectivity index (χ2v) is 5.03. The number of aryl methyl sites for hydroxylation is 1. The van der Waals surface area contributed by atoms with E-state index in [1.165, 1.54) is 0 Å². The topological polar surface area (TPSA) is 65.1 Å². The fourth-order valence-electron chi connectivity index (χ4n) is 1.89. The summed E-state index contributed by atoms with van der Waals surface area (Å²) in [6.45, 7) is 5.10. The Labute approximate surface area is 137 Å². The molecule has 23 heavy (non-hydrogen) atoms. The molecule has 0 aliphatic carbocycles. The van der Waals surface area contributed by atoms with Crippen LogP contribution in [0.4, 0.5) is 0 Å². The second-order valence-electron chi connectivity index (χ2n) is 5.03. The van der Waals surface area contributed by atoms with Gasteiger partial charge in [0, 0.05) is 20.2 Å². The molecule has 1 aromatic carbocycles. The molecule has 0 saturated carbocycles. The Bertz CT molecular complexity index is 486. The Kier molecular flexibility index (Phi) is 8.75. The van der Waals surface area contributed by atoms with Crippen molar-refractivity contribution < 1.29 is 23.8 Å². The van der Waals surface area contributed by atoms with Crippen molar-refractivity contribution in [1.29, 1.82) is 0 Å². The lowest BCUT2D eigenvalue weighted by molar-refractivity contribution is -0.144. The molecular weight excluding hydrogens is 298 g/mol. The predicted octanol–water partition coefficient (Wildman–Crippen LogP) is 1.80. The number of esters is 1. The first kappa shape index (κ1) is 19.0. The van der Waals surface area contributed by atoms with Gasteiger partial charge in [-0.3, -0.25) is 9.59 Å². The summed E-state index contributed by atoms with van der Waals surface area (Å²) < 4.78 is 15.4. The summed E-state index contributed by atoms with van der Waals surface area (Å²) >= 11 is 0. The van der Waals surface area contributed by atoms with Crippen LogP contribution in [0, 0.1) is 6.92 Å².